The molecule has 2 heteroatoms. The Balaban J connectivity index is 2.11. The van der Waals surface area contributed by atoms with Gasteiger partial charge in [-0.25, -0.2) is 0 Å². The van der Waals surface area contributed by atoms with E-state index in [4.69, 9.17) is 0 Å². The molecule has 1 rings (SSSR count). The summed E-state index contributed by atoms with van der Waals surface area (Å²) in [7, 11) is 0. The van der Waals surface area contributed by atoms with Gasteiger partial charge in [0.15, 0.2) is 0 Å². The average Bonchev–Trinajstić information content (AvgIpc) is 2.28. The molecule has 1 atom stereocenters. The van der Waals surface area contributed by atoms with E-state index in [-0.39, 0.29) is 0 Å². The van der Waals surface area contributed by atoms with Crippen LogP contribution in [0.3, 0.4) is 0 Å². The molecule has 0 bridgehead atoms. The quantitative estimate of drug-likeness (QED) is 0.742. The van der Waals surface area contributed by atoms with Crippen molar-refractivity contribution in [3.8, 4) is 0 Å². The number of hydrogen-bond acceptors (Lipinski definition) is 2. The molecule has 1 aromatic heterocycles. The highest BCUT2D eigenvalue weighted by Crippen LogP contribution is 2.03. The zero-order valence-corrected chi connectivity index (χ0v) is 9.87. The van der Waals surface area contributed by atoms with Crippen molar-refractivity contribution in [3.63, 3.8) is 0 Å². The number of nitrogens with one attached hydrogen (secondary N) is 1. The van der Waals surface area contributed by atoms with Gasteiger partial charge < -0.3 is 5.32 Å². The lowest BCUT2D eigenvalue weighted by Crippen LogP contribution is -2.26. The minimum atomic E-state index is 0.633. The van der Waals surface area contributed by atoms with E-state index in [0.29, 0.717) is 6.04 Å². The lowest BCUT2D eigenvalue weighted by molar-refractivity contribution is 0.497. The summed E-state index contributed by atoms with van der Waals surface area (Å²) < 4.78 is 0. The van der Waals surface area contributed by atoms with Crippen LogP contribution >= 0.6 is 0 Å². The van der Waals surface area contributed by atoms with E-state index < -0.39 is 0 Å². The summed E-state index contributed by atoms with van der Waals surface area (Å²) in [6.07, 6.45) is 6.63. The third-order valence-electron chi connectivity index (χ3n) is 2.54. The Hall–Kier alpha value is -0.890. The molecule has 1 unspecified atom stereocenters. The van der Waals surface area contributed by atoms with Crippen LogP contribution in [0, 0.1) is 0 Å². The Labute approximate surface area is 93.1 Å². The molecule has 0 aliphatic heterocycles. The Morgan fingerprint density at radius 2 is 2.27 bits per heavy atom. The van der Waals surface area contributed by atoms with Gasteiger partial charge in [0.2, 0.25) is 0 Å². The van der Waals surface area contributed by atoms with Crippen molar-refractivity contribution in [2.45, 2.75) is 45.6 Å². The van der Waals surface area contributed by atoms with Gasteiger partial charge in [-0.15, -0.1) is 0 Å². The van der Waals surface area contributed by atoms with Crippen molar-refractivity contribution in [1.82, 2.24) is 10.3 Å². The topological polar surface area (TPSA) is 24.9 Å². The lowest BCUT2D eigenvalue weighted by Gasteiger charge is -2.12. The van der Waals surface area contributed by atoms with Gasteiger partial charge >= 0.3 is 0 Å². The fourth-order valence-corrected chi connectivity index (χ4v) is 1.63. The molecule has 0 aliphatic rings. The summed E-state index contributed by atoms with van der Waals surface area (Å²) in [5, 5.41) is 3.50. The molecule has 2 nitrogen and oxygen atoms in total. The highest BCUT2D eigenvalue weighted by molar-refractivity contribution is 5.03. The molecule has 1 heterocycles. The van der Waals surface area contributed by atoms with Gasteiger partial charge in [-0.1, -0.05) is 13.0 Å². The molecule has 0 spiro atoms. The number of pyridine rings is 1. The molecule has 1 N–H and O–H groups in total. The zero-order chi connectivity index (χ0) is 10.9. The van der Waals surface area contributed by atoms with Gasteiger partial charge in [-0.05, 0) is 51.3 Å². The number of nitrogens with zero attached hydrogens (tertiary/aromatic N) is 1. The van der Waals surface area contributed by atoms with E-state index in [0.717, 1.165) is 13.0 Å². The normalized spacial score (nSPS) is 12.7. The molecule has 0 radical (unpaired) electrons. The van der Waals surface area contributed by atoms with E-state index >= 15 is 0 Å². The summed E-state index contributed by atoms with van der Waals surface area (Å²) in [6, 6.07) is 6.76. The first-order chi connectivity index (χ1) is 7.33. The second-order valence-corrected chi connectivity index (χ2v) is 4.07. The summed E-state index contributed by atoms with van der Waals surface area (Å²) in [5.74, 6) is 0. The Morgan fingerprint density at radius 1 is 1.40 bits per heavy atom. The van der Waals surface area contributed by atoms with Gasteiger partial charge in [0.05, 0.1) is 0 Å². The molecule has 0 amide bonds. The molecule has 0 saturated heterocycles. The maximum absolute atomic E-state index is 4.32. The fraction of sp³-hybridized carbons (Fsp3) is 0.615. The second-order valence-electron chi connectivity index (χ2n) is 4.07. The zero-order valence-electron chi connectivity index (χ0n) is 9.87. The van der Waals surface area contributed by atoms with Crippen molar-refractivity contribution in [3.05, 3.63) is 30.1 Å². The van der Waals surface area contributed by atoms with Crippen LogP contribution in [0.1, 0.15) is 38.8 Å². The number of rotatable bonds is 7. The van der Waals surface area contributed by atoms with Gasteiger partial charge in [-0.3, -0.25) is 4.98 Å². The fourth-order valence-electron chi connectivity index (χ4n) is 1.63. The highest BCUT2D eigenvalue weighted by Gasteiger charge is 2.00. The molecule has 0 aliphatic carbocycles. The van der Waals surface area contributed by atoms with Crippen molar-refractivity contribution in [2.75, 3.05) is 6.54 Å². The van der Waals surface area contributed by atoms with Crippen LogP contribution in [0.15, 0.2) is 24.4 Å². The van der Waals surface area contributed by atoms with Crippen LogP contribution in [0.5, 0.6) is 0 Å². The van der Waals surface area contributed by atoms with Gasteiger partial charge in [-0.2, -0.15) is 0 Å². The molecule has 0 fully saturated rings. The van der Waals surface area contributed by atoms with Crippen LogP contribution in [-0.4, -0.2) is 17.6 Å². The van der Waals surface area contributed by atoms with Crippen molar-refractivity contribution in [1.29, 1.82) is 0 Å². The summed E-state index contributed by atoms with van der Waals surface area (Å²) in [6.45, 7) is 5.59. The first-order valence-electron chi connectivity index (χ1n) is 5.96. The first-order valence-corrected chi connectivity index (χ1v) is 5.96. The Bertz CT molecular complexity index is 246. The number of aryl methyl sites for hydroxylation is 1. The van der Waals surface area contributed by atoms with Gasteiger partial charge in [0, 0.05) is 17.9 Å². The lowest BCUT2D eigenvalue weighted by atomic mass is 10.1. The Kier molecular flexibility index (Phi) is 6.02. The maximum Gasteiger partial charge on any atom is 0.0403 e. The van der Waals surface area contributed by atoms with Crippen LogP contribution < -0.4 is 5.32 Å². The Morgan fingerprint density at radius 3 is 2.93 bits per heavy atom. The smallest absolute Gasteiger partial charge is 0.0403 e. The van der Waals surface area contributed by atoms with E-state index in [1.165, 1.54) is 25.0 Å². The SMILES string of the molecule is CCCNC(C)CCCc1ccccn1. The number of hydrogen-bond donors (Lipinski definition) is 1. The largest absolute Gasteiger partial charge is 0.314 e. The summed E-state index contributed by atoms with van der Waals surface area (Å²) in [5.41, 5.74) is 1.21. The average molecular weight is 206 g/mol. The molecule has 1 aromatic rings. The van der Waals surface area contributed by atoms with E-state index in [9.17, 15) is 0 Å². The molecular formula is C13H22N2. The van der Waals surface area contributed by atoms with Crippen LogP contribution in [-0.2, 0) is 6.42 Å². The third-order valence-corrected chi connectivity index (χ3v) is 2.54. The molecule has 15 heavy (non-hydrogen) atoms. The van der Waals surface area contributed by atoms with E-state index in [2.05, 4.69) is 36.3 Å². The highest BCUT2D eigenvalue weighted by atomic mass is 14.9. The summed E-state index contributed by atoms with van der Waals surface area (Å²) >= 11 is 0. The van der Waals surface area contributed by atoms with Gasteiger partial charge in [0.1, 0.15) is 0 Å². The van der Waals surface area contributed by atoms with Gasteiger partial charge in [0.25, 0.3) is 0 Å². The van der Waals surface area contributed by atoms with Crippen LogP contribution in [0.4, 0.5) is 0 Å². The number of aromatic nitrogens is 1. The monoisotopic (exact) mass is 206 g/mol. The van der Waals surface area contributed by atoms with Crippen LogP contribution in [0.2, 0.25) is 0 Å². The summed E-state index contributed by atoms with van der Waals surface area (Å²) in [4.78, 5) is 4.32. The van der Waals surface area contributed by atoms with Crippen molar-refractivity contribution in [2.24, 2.45) is 0 Å². The standard InChI is InChI=1S/C13H22N2/c1-3-10-14-12(2)7-6-9-13-8-4-5-11-15-13/h4-5,8,11-12,14H,3,6-7,9-10H2,1-2H3. The molecule has 0 saturated carbocycles. The minimum Gasteiger partial charge on any atom is -0.314 e. The predicted octanol–water partition coefficient (Wildman–Crippen LogP) is 2.79. The maximum atomic E-state index is 4.32. The van der Waals surface area contributed by atoms with E-state index in [1.54, 1.807) is 0 Å². The van der Waals surface area contributed by atoms with Crippen molar-refractivity contribution < 1.29 is 0 Å². The van der Waals surface area contributed by atoms with Crippen molar-refractivity contribution >= 4 is 0 Å². The second kappa shape index (κ2) is 7.41. The minimum absolute atomic E-state index is 0.633. The first kappa shape index (κ1) is 12.2. The predicted molar refractivity (Wildman–Crippen MR) is 64.9 cm³/mol. The molecular weight excluding hydrogens is 184 g/mol. The molecule has 84 valence electrons. The van der Waals surface area contributed by atoms with E-state index in [1.807, 2.05) is 12.3 Å². The third kappa shape index (κ3) is 5.53. The molecule has 0 aromatic carbocycles. The van der Waals surface area contributed by atoms with Crippen LogP contribution in [0.25, 0.3) is 0 Å².